The maximum absolute atomic E-state index is 12.8. The average Bonchev–Trinajstić information content (AvgIpc) is 2.72. The number of carbonyl (C=O) groups is 2. The third-order valence-corrected chi connectivity index (χ3v) is 5.05. The Kier molecular flexibility index (Phi) is 5.50. The maximum atomic E-state index is 12.8. The van der Waals surface area contributed by atoms with Crippen LogP contribution in [0.3, 0.4) is 0 Å². The average molecular weight is 320 g/mol. The molecule has 2 unspecified atom stereocenters. The standard InChI is InChI=1S/C18H28N2O3/c1-6-23-18(22)16-12(3)15(13(4)20(16)5)17(21)19-14-10-8-7-9-11(14)2/h11,14H,6-10H2,1-5H3,(H,19,21). The zero-order chi connectivity index (χ0) is 17.1. The highest BCUT2D eigenvalue weighted by Gasteiger charge is 2.28. The molecule has 0 radical (unpaired) electrons. The summed E-state index contributed by atoms with van der Waals surface area (Å²) >= 11 is 0. The fraction of sp³-hybridized carbons (Fsp3) is 0.667. The van der Waals surface area contributed by atoms with Crippen molar-refractivity contribution in [2.24, 2.45) is 13.0 Å². The van der Waals surface area contributed by atoms with E-state index in [1.165, 1.54) is 6.42 Å². The number of carbonyl (C=O) groups excluding carboxylic acids is 2. The predicted octanol–water partition coefficient (Wildman–Crippen LogP) is 3.13. The molecular weight excluding hydrogens is 292 g/mol. The summed E-state index contributed by atoms with van der Waals surface area (Å²) in [4.78, 5) is 24.9. The van der Waals surface area contributed by atoms with E-state index in [1.807, 2.05) is 13.8 Å². The molecule has 5 nitrogen and oxygen atoms in total. The molecule has 1 aromatic rings. The number of amides is 1. The van der Waals surface area contributed by atoms with E-state index in [0.29, 0.717) is 29.3 Å². The van der Waals surface area contributed by atoms with Crippen molar-refractivity contribution in [1.82, 2.24) is 9.88 Å². The second-order valence-corrected chi connectivity index (χ2v) is 6.56. The Morgan fingerprint density at radius 3 is 2.52 bits per heavy atom. The van der Waals surface area contributed by atoms with E-state index in [0.717, 1.165) is 25.0 Å². The smallest absolute Gasteiger partial charge is 0.355 e. The summed E-state index contributed by atoms with van der Waals surface area (Å²) in [6, 6.07) is 0.223. The molecule has 2 atom stereocenters. The highest BCUT2D eigenvalue weighted by atomic mass is 16.5. The lowest BCUT2D eigenvalue weighted by molar-refractivity contribution is 0.0514. The fourth-order valence-electron chi connectivity index (χ4n) is 3.57. The molecular formula is C18H28N2O3. The number of rotatable bonds is 4. The third-order valence-electron chi connectivity index (χ3n) is 5.05. The van der Waals surface area contributed by atoms with Crippen molar-refractivity contribution in [3.8, 4) is 0 Å². The summed E-state index contributed by atoms with van der Waals surface area (Å²) in [7, 11) is 1.80. The summed E-state index contributed by atoms with van der Waals surface area (Å²) in [6.07, 6.45) is 4.59. The minimum Gasteiger partial charge on any atom is -0.461 e. The van der Waals surface area contributed by atoms with Crippen LogP contribution in [-0.2, 0) is 11.8 Å². The van der Waals surface area contributed by atoms with Crippen LogP contribution in [0.1, 0.15) is 71.6 Å². The Bertz CT molecular complexity index is 604. The van der Waals surface area contributed by atoms with Gasteiger partial charge in [0.1, 0.15) is 5.69 Å². The topological polar surface area (TPSA) is 60.3 Å². The van der Waals surface area contributed by atoms with Crippen LogP contribution in [0.4, 0.5) is 0 Å². The van der Waals surface area contributed by atoms with Crippen molar-refractivity contribution in [2.75, 3.05) is 6.61 Å². The van der Waals surface area contributed by atoms with Gasteiger partial charge in [-0.15, -0.1) is 0 Å². The van der Waals surface area contributed by atoms with E-state index < -0.39 is 0 Å². The largest absolute Gasteiger partial charge is 0.461 e. The van der Waals surface area contributed by atoms with E-state index in [1.54, 1.807) is 18.5 Å². The number of aromatic nitrogens is 1. The summed E-state index contributed by atoms with van der Waals surface area (Å²) in [6.45, 7) is 7.98. The summed E-state index contributed by atoms with van der Waals surface area (Å²) < 4.78 is 6.87. The van der Waals surface area contributed by atoms with Gasteiger partial charge >= 0.3 is 5.97 Å². The van der Waals surface area contributed by atoms with Crippen LogP contribution in [-0.4, -0.2) is 29.1 Å². The Balaban J connectivity index is 2.26. The first-order valence-electron chi connectivity index (χ1n) is 8.52. The van der Waals surface area contributed by atoms with Crippen molar-refractivity contribution >= 4 is 11.9 Å². The molecule has 1 aliphatic carbocycles. The lowest BCUT2D eigenvalue weighted by atomic mass is 9.86. The van der Waals surface area contributed by atoms with E-state index in [9.17, 15) is 9.59 Å². The molecule has 5 heteroatoms. The van der Waals surface area contributed by atoms with Gasteiger partial charge in [-0.1, -0.05) is 19.8 Å². The Morgan fingerprint density at radius 2 is 1.91 bits per heavy atom. The van der Waals surface area contributed by atoms with Gasteiger partial charge in [-0.05, 0) is 45.1 Å². The van der Waals surface area contributed by atoms with Crippen molar-refractivity contribution in [3.63, 3.8) is 0 Å². The minimum atomic E-state index is -0.374. The lowest BCUT2D eigenvalue weighted by Gasteiger charge is -2.29. The SMILES string of the molecule is CCOC(=O)c1c(C)c(C(=O)NC2CCCCC2C)c(C)n1C. The van der Waals surface area contributed by atoms with Gasteiger partial charge in [-0.3, -0.25) is 4.79 Å². The van der Waals surface area contributed by atoms with Crippen molar-refractivity contribution in [2.45, 2.75) is 59.4 Å². The minimum absolute atomic E-state index is 0.0788. The molecule has 2 rings (SSSR count). The number of esters is 1. The predicted molar refractivity (Wildman–Crippen MR) is 89.7 cm³/mol. The molecule has 128 valence electrons. The van der Waals surface area contributed by atoms with Gasteiger partial charge in [-0.25, -0.2) is 4.79 Å². The monoisotopic (exact) mass is 320 g/mol. The van der Waals surface area contributed by atoms with E-state index in [2.05, 4.69) is 12.2 Å². The molecule has 1 fully saturated rings. The Labute approximate surface area is 138 Å². The van der Waals surface area contributed by atoms with Gasteiger partial charge < -0.3 is 14.6 Å². The highest BCUT2D eigenvalue weighted by Crippen LogP contribution is 2.26. The quantitative estimate of drug-likeness (QED) is 0.867. The van der Waals surface area contributed by atoms with Crippen LogP contribution in [0.2, 0.25) is 0 Å². The fourth-order valence-corrected chi connectivity index (χ4v) is 3.57. The highest BCUT2D eigenvalue weighted by molar-refractivity contribution is 6.01. The first kappa shape index (κ1) is 17.6. The molecule has 1 amide bonds. The summed E-state index contributed by atoms with van der Waals surface area (Å²) in [5, 5.41) is 3.17. The van der Waals surface area contributed by atoms with Crippen LogP contribution in [0, 0.1) is 19.8 Å². The molecule has 0 aliphatic heterocycles. The molecule has 23 heavy (non-hydrogen) atoms. The van der Waals surface area contributed by atoms with Crippen molar-refractivity contribution in [3.05, 3.63) is 22.5 Å². The van der Waals surface area contributed by atoms with Gasteiger partial charge in [0, 0.05) is 18.8 Å². The lowest BCUT2D eigenvalue weighted by Crippen LogP contribution is -2.41. The van der Waals surface area contributed by atoms with E-state index >= 15 is 0 Å². The maximum Gasteiger partial charge on any atom is 0.355 e. The number of nitrogens with zero attached hydrogens (tertiary/aromatic N) is 1. The zero-order valence-corrected chi connectivity index (χ0v) is 14.9. The summed E-state index contributed by atoms with van der Waals surface area (Å²) in [5.74, 6) is 0.0483. The van der Waals surface area contributed by atoms with Crippen molar-refractivity contribution < 1.29 is 14.3 Å². The van der Waals surface area contributed by atoms with Crippen LogP contribution in [0.15, 0.2) is 0 Å². The molecule has 0 spiro atoms. The molecule has 0 bridgehead atoms. The molecule has 1 N–H and O–H groups in total. The number of ether oxygens (including phenoxy) is 1. The molecule has 0 aromatic carbocycles. The molecule has 0 saturated heterocycles. The zero-order valence-electron chi connectivity index (χ0n) is 14.9. The van der Waals surface area contributed by atoms with Gasteiger partial charge in [0.25, 0.3) is 5.91 Å². The van der Waals surface area contributed by atoms with E-state index in [-0.39, 0.29) is 17.9 Å². The third kappa shape index (κ3) is 3.43. The molecule has 1 aliphatic rings. The van der Waals surface area contributed by atoms with Crippen molar-refractivity contribution in [1.29, 1.82) is 0 Å². The molecule has 1 saturated carbocycles. The van der Waals surface area contributed by atoms with Crippen LogP contribution in [0.25, 0.3) is 0 Å². The van der Waals surface area contributed by atoms with Gasteiger partial charge in [0.15, 0.2) is 0 Å². The first-order valence-corrected chi connectivity index (χ1v) is 8.52. The summed E-state index contributed by atoms with van der Waals surface area (Å²) in [5.41, 5.74) is 2.57. The number of hydrogen-bond donors (Lipinski definition) is 1. The Hall–Kier alpha value is -1.78. The second kappa shape index (κ2) is 7.20. The van der Waals surface area contributed by atoms with Crippen LogP contribution < -0.4 is 5.32 Å². The van der Waals surface area contributed by atoms with E-state index in [4.69, 9.17) is 4.74 Å². The van der Waals surface area contributed by atoms with Crippen LogP contribution >= 0.6 is 0 Å². The normalized spacial score (nSPS) is 21.1. The molecule has 1 aromatic heterocycles. The van der Waals surface area contributed by atoms with Gasteiger partial charge in [0.05, 0.1) is 12.2 Å². The molecule has 1 heterocycles. The second-order valence-electron chi connectivity index (χ2n) is 6.56. The van der Waals surface area contributed by atoms with Gasteiger partial charge in [-0.2, -0.15) is 0 Å². The van der Waals surface area contributed by atoms with Crippen LogP contribution in [0.5, 0.6) is 0 Å². The number of nitrogens with one attached hydrogen (secondary N) is 1. The van der Waals surface area contributed by atoms with Gasteiger partial charge in [0.2, 0.25) is 0 Å². The Morgan fingerprint density at radius 1 is 1.26 bits per heavy atom. The first-order chi connectivity index (χ1) is 10.9. The number of hydrogen-bond acceptors (Lipinski definition) is 3.